The maximum Gasteiger partial charge on any atom is 0.234 e. The van der Waals surface area contributed by atoms with Crippen LogP contribution in [0.5, 0.6) is 0 Å². The molecule has 0 fully saturated rings. The largest absolute Gasteiger partial charge is 0.348 e. The number of halogens is 2. The highest BCUT2D eigenvalue weighted by Gasteiger charge is 2.17. The topological polar surface area (TPSA) is 41.1 Å². The molecule has 1 amide bonds. The van der Waals surface area contributed by atoms with Gasteiger partial charge in [-0.2, -0.15) is 0 Å². The first-order chi connectivity index (χ1) is 13.9. The van der Waals surface area contributed by atoms with Gasteiger partial charge in [-0.15, -0.1) is 0 Å². The maximum absolute atomic E-state index is 13.9. The van der Waals surface area contributed by atoms with Crippen LogP contribution in [0.3, 0.4) is 0 Å². The van der Waals surface area contributed by atoms with Crippen LogP contribution in [-0.4, -0.2) is 12.5 Å². The maximum atomic E-state index is 13.9. The van der Waals surface area contributed by atoms with E-state index in [0.717, 1.165) is 22.8 Å². The molecule has 29 heavy (non-hydrogen) atoms. The molecule has 0 saturated carbocycles. The molecule has 2 atom stereocenters. The van der Waals surface area contributed by atoms with Gasteiger partial charge < -0.3 is 5.32 Å². The molecular formula is C24H24F2N2O. The summed E-state index contributed by atoms with van der Waals surface area (Å²) in [6, 6.07) is 20.6. The van der Waals surface area contributed by atoms with Crippen molar-refractivity contribution < 1.29 is 13.6 Å². The Morgan fingerprint density at radius 1 is 0.931 bits per heavy atom. The number of carbonyl (C=O) groups is 1. The fourth-order valence-electron chi connectivity index (χ4n) is 3.25. The van der Waals surface area contributed by atoms with Crippen LogP contribution in [0.15, 0.2) is 72.8 Å². The summed E-state index contributed by atoms with van der Waals surface area (Å²) in [5.74, 6) is -1.59. The summed E-state index contributed by atoms with van der Waals surface area (Å²) in [7, 11) is 0. The molecule has 3 aromatic rings. The third kappa shape index (κ3) is 5.48. The van der Waals surface area contributed by atoms with Gasteiger partial charge >= 0.3 is 0 Å². The zero-order valence-corrected chi connectivity index (χ0v) is 16.5. The van der Waals surface area contributed by atoms with Crippen molar-refractivity contribution in [3.8, 4) is 0 Å². The Hall–Kier alpha value is -3.05. The molecule has 3 nitrogen and oxygen atoms in total. The second-order valence-electron chi connectivity index (χ2n) is 7.09. The Morgan fingerprint density at radius 2 is 1.59 bits per heavy atom. The van der Waals surface area contributed by atoms with Crippen LogP contribution in [0.25, 0.3) is 0 Å². The van der Waals surface area contributed by atoms with E-state index in [1.54, 1.807) is 6.92 Å². The number of nitrogens with one attached hydrogen (secondary N) is 2. The lowest BCUT2D eigenvalue weighted by atomic mass is 9.98. The number of hydrogen-bond donors (Lipinski definition) is 2. The monoisotopic (exact) mass is 394 g/mol. The summed E-state index contributed by atoms with van der Waals surface area (Å²) in [6.07, 6.45) is 0. The zero-order valence-electron chi connectivity index (χ0n) is 16.5. The molecule has 0 aliphatic carbocycles. The quantitative estimate of drug-likeness (QED) is 0.603. The standard InChI is InChI=1S/C24H24F2N2O/c1-16-8-10-19(11-9-16)24(18-6-4-3-5-7-18)27-15-23(29)28-17(2)21-13-12-20(25)14-22(21)26/h3-14,17,24,27H,15H2,1-2H3,(H,28,29)/t17-,24+/m0/s1. The van der Waals surface area contributed by atoms with E-state index in [2.05, 4.69) is 10.6 Å². The summed E-state index contributed by atoms with van der Waals surface area (Å²) in [4.78, 5) is 12.5. The van der Waals surface area contributed by atoms with E-state index < -0.39 is 17.7 Å². The smallest absolute Gasteiger partial charge is 0.234 e. The second-order valence-corrected chi connectivity index (χ2v) is 7.09. The number of amides is 1. The van der Waals surface area contributed by atoms with E-state index in [1.165, 1.54) is 12.1 Å². The molecule has 0 aliphatic rings. The highest BCUT2D eigenvalue weighted by Crippen LogP contribution is 2.22. The molecule has 0 bridgehead atoms. The fraction of sp³-hybridized carbons (Fsp3) is 0.208. The first-order valence-corrected chi connectivity index (χ1v) is 9.53. The van der Waals surface area contributed by atoms with E-state index in [9.17, 15) is 13.6 Å². The number of rotatable bonds is 7. The average Bonchev–Trinajstić information content (AvgIpc) is 2.70. The number of hydrogen-bond acceptors (Lipinski definition) is 2. The molecular weight excluding hydrogens is 370 g/mol. The van der Waals surface area contributed by atoms with Crippen LogP contribution >= 0.6 is 0 Å². The van der Waals surface area contributed by atoms with Gasteiger partial charge in [0, 0.05) is 11.6 Å². The molecule has 0 aliphatic heterocycles. The lowest BCUT2D eigenvalue weighted by molar-refractivity contribution is -0.121. The predicted octanol–water partition coefficient (Wildman–Crippen LogP) is 4.83. The Kier molecular flexibility index (Phi) is 6.73. The van der Waals surface area contributed by atoms with Gasteiger partial charge in [0.1, 0.15) is 11.6 Å². The normalized spacial score (nSPS) is 13.0. The SMILES string of the molecule is Cc1ccc([C@H](NCC(=O)N[C@@H](C)c2ccc(F)cc2F)c2ccccc2)cc1. The Bertz CT molecular complexity index is 958. The van der Waals surface area contributed by atoms with Crippen molar-refractivity contribution in [1.82, 2.24) is 10.6 Å². The molecule has 3 rings (SSSR count). The van der Waals surface area contributed by atoms with E-state index in [0.29, 0.717) is 0 Å². The number of carbonyl (C=O) groups excluding carboxylic acids is 1. The Morgan fingerprint density at radius 3 is 2.24 bits per heavy atom. The van der Waals surface area contributed by atoms with Crippen LogP contribution in [-0.2, 0) is 4.79 Å². The molecule has 0 radical (unpaired) electrons. The lowest BCUT2D eigenvalue weighted by Gasteiger charge is -2.21. The summed E-state index contributed by atoms with van der Waals surface area (Å²) < 4.78 is 27.0. The van der Waals surface area contributed by atoms with Gasteiger partial charge in [0.15, 0.2) is 0 Å². The first kappa shape index (κ1) is 20.7. The molecule has 0 heterocycles. The van der Waals surface area contributed by atoms with Crippen LogP contribution < -0.4 is 10.6 Å². The number of aryl methyl sites for hydroxylation is 1. The van der Waals surface area contributed by atoms with Crippen molar-refractivity contribution in [3.63, 3.8) is 0 Å². The Balaban J connectivity index is 1.68. The first-order valence-electron chi connectivity index (χ1n) is 9.53. The molecule has 0 saturated heterocycles. The minimum Gasteiger partial charge on any atom is -0.348 e. The van der Waals surface area contributed by atoms with E-state index in [1.807, 2.05) is 61.5 Å². The van der Waals surface area contributed by atoms with Crippen molar-refractivity contribution in [1.29, 1.82) is 0 Å². The van der Waals surface area contributed by atoms with Gasteiger partial charge in [-0.05, 0) is 31.0 Å². The minimum absolute atomic E-state index is 0.0561. The Labute approximate surface area is 169 Å². The number of benzene rings is 3. The third-order valence-electron chi connectivity index (χ3n) is 4.82. The molecule has 5 heteroatoms. The van der Waals surface area contributed by atoms with Gasteiger partial charge in [0.05, 0.1) is 18.6 Å². The molecule has 150 valence electrons. The van der Waals surface area contributed by atoms with Crippen molar-refractivity contribution in [2.75, 3.05) is 6.54 Å². The third-order valence-corrected chi connectivity index (χ3v) is 4.82. The van der Waals surface area contributed by atoms with Crippen molar-refractivity contribution in [3.05, 3.63) is 107 Å². The summed E-state index contributed by atoms with van der Waals surface area (Å²) in [5, 5.41) is 6.05. The van der Waals surface area contributed by atoms with Gasteiger partial charge in [0.2, 0.25) is 5.91 Å². The molecule has 0 unspecified atom stereocenters. The van der Waals surface area contributed by atoms with Crippen molar-refractivity contribution in [2.24, 2.45) is 0 Å². The molecule has 3 aromatic carbocycles. The average molecular weight is 394 g/mol. The minimum atomic E-state index is -0.674. The van der Waals surface area contributed by atoms with E-state index in [-0.39, 0.29) is 24.1 Å². The summed E-state index contributed by atoms with van der Waals surface area (Å²) >= 11 is 0. The second kappa shape index (κ2) is 9.43. The highest BCUT2D eigenvalue weighted by atomic mass is 19.1. The van der Waals surface area contributed by atoms with Gasteiger partial charge in [-0.1, -0.05) is 66.2 Å². The molecule has 0 spiro atoms. The van der Waals surface area contributed by atoms with Crippen LogP contribution in [0.4, 0.5) is 8.78 Å². The van der Waals surface area contributed by atoms with Crippen molar-refractivity contribution >= 4 is 5.91 Å². The van der Waals surface area contributed by atoms with Gasteiger partial charge in [0.25, 0.3) is 0 Å². The van der Waals surface area contributed by atoms with Crippen LogP contribution in [0.1, 0.15) is 41.3 Å². The molecule has 2 N–H and O–H groups in total. The van der Waals surface area contributed by atoms with E-state index in [4.69, 9.17) is 0 Å². The van der Waals surface area contributed by atoms with Gasteiger partial charge in [-0.3, -0.25) is 10.1 Å². The highest BCUT2D eigenvalue weighted by molar-refractivity contribution is 5.78. The fourth-order valence-corrected chi connectivity index (χ4v) is 3.25. The van der Waals surface area contributed by atoms with Crippen molar-refractivity contribution in [2.45, 2.75) is 25.9 Å². The molecule has 0 aromatic heterocycles. The summed E-state index contributed by atoms with van der Waals surface area (Å²) in [6.45, 7) is 3.75. The van der Waals surface area contributed by atoms with E-state index >= 15 is 0 Å². The van der Waals surface area contributed by atoms with Crippen LogP contribution in [0, 0.1) is 18.6 Å². The summed E-state index contributed by atoms with van der Waals surface area (Å²) in [5.41, 5.74) is 3.50. The predicted molar refractivity (Wildman–Crippen MR) is 110 cm³/mol. The zero-order chi connectivity index (χ0) is 20.8. The lowest BCUT2D eigenvalue weighted by Crippen LogP contribution is -2.37. The van der Waals surface area contributed by atoms with Crippen LogP contribution in [0.2, 0.25) is 0 Å². The van der Waals surface area contributed by atoms with Gasteiger partial charge in [-0.25, -0.2) is 8.78 Å².